The second kappa shape index (κ2) is 6.29. The lowest BCUT2D eigenvalue weighted by Crippen LogP contribution is -2.36. The summed E-state index contributed by atoms with van der Waals surface area (Å²) in [6, 6.07) is 6.82. The molecule has 1 aromatic carbocycles. The number of aromatic nitrogens is 2. The molecule has 0 saturated carbocycles. The van der Waals surface area contributed by atoms with E-state index in [4.69, 9.17) is 23.2 Å². The maximum Gasteiger partial charge on any atom is 0.329 e. The third-order valence-electron chi connectivity index (χ3n) is 2.99. The normalized spacial score (nSPS) is 10.8. The van der Waals surface area contributed by atoms with Crippen LogP contribution in [0.15, 0.2) is 33.9 Å². The number of unbranched alkanes of at least 4 members (excludes halogenated alkanes) is 1. The number of halogens is 2. The molecule has 0 unspecified atom stereocenters. The van der Waals surface area contributed by atoms with Crippen LogP contribution in [0.5, 0.6) is 0 Å². The molecule has 0 radical (unpaired) electrons. The molecule has 0 spiro atoms. The Balaban J connectivity index is 2.65. The monoisotopic (exact) mass is 312 g/mol. The van der Waals surface area contributed by atoms with E-state index in [1.54, 1.807) is 24.3 Å². The van der Waals surface area contributed by atoms with Crippen molar-refractivity contribution in [3.63, 3.8) is 0 Å². The van der Waals surface area contributed by atoms with Gasteiger partial charge in [-0.1, -0.05) is 48.7 Å². The molecule has 6 heteroatoms. The van der Waals surface area contributed by atoms with Gasteiger partial charge in [0.05, 0.1) is 5.56 Å². The molecule has 2 aromatic rings. The van der Waals surface area contributed by atoms with Crippen molar-refractivity contribution in [1.82, 2.24) is 9.55 Å². The minimum Gasteiger partial charge on any atom is -0.297 e. The zero-order valence-corrected chi connectivity index (χ0v) is 12.5. The Morgan fingerprint density at radius 3 is 2.65 bits per heavy atom. The Hall–Kier alpha value is -1.52. The van der Waals surface area contributed by atoms with Crippen LogP contribution in [0.25, 0.3) is 11.1 Å². The van der Waals surface area contributed by atoms with Gasteiger partial charge in [-0.25, -0.2) is 4.79 Å². The number of hydrogen-bond acceptors (Lipinski definition) is 2. The van der Waals surface area contributed by atoms with Gasteiger partial charge in [0.15, 0.2) is 0 Å². The summed E-state index contributed by atoms with van der Waals surface area (Å²) >= 11 is 11.9. The van der Waals surface area contributed by atoms with Crippen molar-refractivity contribution in [3.8, 4) is 11.1 Å². The highest BCUT2D eigenvalue weighted by molar-refractivity contribution is 6.32. The summed E-state index contributed by atoms with van der Waals surface area (Å²) in [4.78, 5) is 26.8. The molecule has 1 aromatic heterocycles. The van der Waals surface area contributed by atoms with E-state index in [-0.39, 0.29) is 10.7 Å². The van der Waals surface area contributed by atoms with Crippen molar-refractivity contribution in [1.29, 1.82) is 0 Å². The fourth-order valence-electron chi connectivity index (χ4n) is 1.96. The summed E-state index contributed by atoms with van der Waals surface area (Å²) in [6.45, 7) is 2.36. The van der Waals surface area contributed by atoms with E-state index in [9.17, 15) is 9.59 Å². The summed E-state index contributed by atoms with van der Waals surface area (Å²) in [5.41, 5.74) is -0.0208. The lowest BCUT2D eigenvalue weighted by Gasteiger charge is -2.09. The Labute approximate surface area is 126 Å². The van der Waals surface area contributed by atoms with Gasteiger partial charge in [-0.3, -0.25) is 14.3 Å². The quantitative estimate of drug-likeness (QED) is 0.881. The topological polar surface area (TPSA) is 54.9 Å². The average molecular weight is 313 g/mol. The largest absolute Gasteiger partial charge is 0.329 e. The standard InChI is InChI=1S/C14H14Cl2N2O2/c1-2-3-7-18-13(19)11(12(16)17-14(18)20)9-5-4-6-10(15)8-9/h4-6,8H,2-3,7H2,1H3,(H,17,20). The second-order valence-corrected chi connectivity index (χ2v) is 5.25. The second-order valence-electron chi connectivity index (χ2n) is 4.44. The molecular weight excluding hydrogens is 299 g/mol. The highest BCUT2D eigenvalue weighted by Gasteiger charge is 2.14. The molecule has 0 aliphatic carbocycles. The first kappa shape index (κ1) is 14.9. The Kier molecular flexibility index (Phi) is 4.68. The number of nitrogens with one attached hydrogen (secondary N) is 1. The van der Waals surface area contributed by atoms with Gasteiger partial charge in [-0.05, 0) is 24.1 Å². The fourth-order valence-corrected chi connectivity index (χ4v) is 2.42. The predicted octanol–water partition coefficient (Wildman–Crippen LogP) is 3.31. The number of H-pyrrole nitrogens is 1. The van der Waals surface area contributed by atoms with Crippen LogP contribution in [-0.2, 0) is 6.54 Å². The van der Waals surface area contributed by atoms with Crippen LogP contribution in [0.2, 0.25) is 10.2 Å². The molecular formula is C14H14Cl2N2O2. The molecule has 0 bridgehead atoms. The lowest BCUT2D eigenvalue weighted by atomic mass is 10.1. The zero-order valence-electron chi connectivity index (χ0n) is 11.0. The highest BCUT2D eigenvalue weighted by Crippen LogP contribution is 2.24. The van der Waals surface area contributed by atoms with Crippen LogP contribution >= 0.6 is 23.2 Å². The van der Waals surface area contributed by atoms with Gasteiger partial charge in [-0.2, -0.15) is 0 Å². The van der Waals surface area contributed by atoms with Gasteiger partial charge in [0.1, 0.15) is 5.15 Å². The first-order valence-corrected chi connectivity index (χ1v) is 7.08. The van der Waals surface area contributed by atoms with Crippen LogP contribution in [0.4, 0.5) is 0 Å². The molecule has 20 heavy (non-hydrogen) atoms. The minimum atomic E-state index is -0.487. The van der Waals surface area contributed by atoms with Crippen molar-refractivity contribution in [2.45, 2.75) is 26.3 Å². The number of rotatable bonds is 4. The minimum absolute atomic E-state index is 0.0371. The van der Waals surface area contributed by atoms with Crippen molar-refractivity contribution < 1.29 is 0 Å². The summed E-state index contributed by atoms with van der Waals surface area (Å²) < 4.78 is 1.17. The summed E-state index contributed by atoms with van der Waals surface area (Å²) in [7, 11) is 0. The van der Waals surface area contributed by atoms with Crippen LogP contribution in [0.3, 0.4) is 0 Å². The molecule has 0 aliphatic heterocycles. The molecule has 0 fully saturated rings. The maximum absolute atomic E-state index is 12.4. The molecule has 2 rings (SSSR count). The van der Waals surface area contributed by atoms with E-state index in [2.05, 4.69) is 4.98 Å². The van der Waals surface area contributed by atoms with Crippen LogP contribution in [0.1, 0.15) is 19.8 Å². The van der Waals surface area contributed by atoms with Gasteiger partial charge >= 0.3 is 5.69 Å². The first-order valence-electron chi connectivity index (χ1n) is 6.33. The van der Waals surface area contributed by atoms with E-state index in [1.165, 1.54) is 4.57 Å². The van der Waals surface area contributed by atoms with E-state index < -0.39 is 11.2 Å². The Morgan fingerprint density at radius 1 is 1.25 bits per heavy atom. The molecule has 4 nitrogen and oxygen atoms in total. The maximum atomic E-state index is 12.4. The summed E-state index contributed by atoms with van der Waals surface area (Å²) in [6.07, 6.45) is 1.64. The third kappa shape index (κ3) is 2.97. The smallest absolute Gasteiger partial charge is 0.297 e. The molecule has 1 heterocycles. The van der Waals surface area contributed by atoms with Crippen molar-refractivity contribution in [2.75, 3.05) is 0 Å². The van der Waals surface area contributed by atoms with E-state index in [1.807, 2.05) is 6.92 Å². The fraction of sp³-hybridized carbons (Fsp3) is 0.286. The Morgan fingerprint density at radius 2 is 2.00 bits per heavy atom. The van der Waals surface area contributed by atoms with Gasteiger partial charge in [0.2, 0.25) is 0 Å². The van der Waals surface area contributed by atoms with Gasteiger partial charge in [0.25, 0.3) is 5.56 Å². The van der Waals surface area contributed by atoms with Crippen molar-refractivity contribution in [2.24, 2.45) is 0 Å². The summed E-state index contributed by atoms with van der Waals surface area (Å²) in [5, 5.41) is 0.541. The van der Waals surface area contributed by atoms with Crippen LogP contribution in [0, 0.1) is 0 Å². The average Bonchev–Trinajstić information content (AvgIpc) is 2.38. The van der Waals surface area contributed by atoms with E-state index in [0.717, 1.165) is 12.8 Å². The molecule has 1 N–H and O–H groups in total. The van der Waals surface area contributed by atoms with E-state index in [0.29, 0.717) is 17.1 Å². The molecule has 106 valence electrons. The van der Waals surface area contributed by atoms with Crippen LogP contribution < -0.4 is 11.2 Å². The Bertz CT molecular complexity index is 735. The zero-order chi connectivity index (χ0) is 14.7. The summed E-state index contributed by atoms with van der Waals surface area (Å²) in [5.74, 6) is 0. The predicted molar refractivity (Wildman–Crippen MR) is 81.7 cm³/mol. The molecule has 0 saturated heterocycles. The van der Waals surface area contributed by atoms with Gasteiger partial charge in [-0.15, -0.1) is 0 Å². The van der Waals surface area contributed by atoms with Gasteiger partial charge in [0, 0.05) is 11.6 Å². The SMILES string of the molecule is CCCCn1c(=O)[nH]c(Cl)c(-c2cccc(Cl)c2)c1=O. The first-order chi connectivity index (χ1) is 9.54. The van der Waals surface area contributed by atoms with Gasteiger partial charge < -0.3 is 0 Å². The molecule has 0 amide bonds. The lowest BCUT2D eigenvalue weighted by molar-refractivity contribution is 0.584. The van der Waals surface area contributed by atoms with Crippen LogP contribution in [-0.4, -0.2) is 9.55 Å². The number of benzene rings is 1. The van der Waals surface area contributed by atoms with Crippen molar-refractivity contribution >= 4 is 23.2 Å². The number of nitrogens with zero attached hydrogens (tertiary/aromatic N) is 1. The van der Waals surface area contributed by atoms with Crippen molar-refractivity contribution in [3.05, 3.63) is 55.3 Å². The molecule has 0 aliphatic rings. The molecule has 0 atom stereocenters. The highest BCUT2D eigenvalue weighted by atomic mass is 35.5. The third-order valence-corrected chi connectivity index (χ3v) is 3.51. The number of hydrogen-bond donors (Lipinski definition) is 1. The number of aromatic amines is 1. The van der Waals surface area contributed by atoms with E-state index >= 15 is 0 Å².